The summed E-state index contributed by atoms with van der Waals surface area (Å²) >= 11 is 6.17. The summed E-state index contributed by atoms with van der Waals surface area (Å²) < 4.78 is 38.2. The van der Waals surface area contributed by atoms with Gasteiger partial charge in [-0.25, -0.2) is 13.6 Å². The van der Waals surface area contributed by atoms with Gasteiger partial charge >= 0.3 is 5.97 Å². The molecule has 2 aromatic carbocycles. The predicted octanol–water partition coefficient (Wildman–Crippen LogP) is 4.15. The lowest BCUT2D eigenvalue weighted by Crippen LogP contribution is -2.24. The fraction of sp³-hybridized carbons (Fsp3) is 0.190. The van der Waals surface area contributed by atoms with Gasteiger partial charge in [-0.1, -0.05) is 17.7 Å². The van der Waals surface area contributed by atoms with Crippen molar-refractivity contribution in [2.24, 2.45) is 0 Å². The first-order valence-corrected chi connectivity index (χ1v) is 9.16. The van der Waals surface area contributed by atoms with Crippen molar-refractivity contribution < 1.29 is 23.0 Å². The van der Waals surface area contributed by atoms with Crippen molar-refractivity contribution in [3.05, 3.63) is 85.9 Å². The number of nitrogens with zero attached hydrogens (tertiary/aromatic N) is 2. The third kappa shape index (κ3) is 4.18. The number of hydrogen-bond acceptors (Lipinski definition) is 5. The van der Waals surface area contributed by atoms with Gasteiger partial charge in [-0.05, 0) is 43.7 Å². The first kappa shape index (κ1) is 21.4. The van der Waals surface area contributed by atoms with Gasteiger partial charge in [-0.3, -0.25) is 9.36 Å². The van der Waals surface area contributed by atoms with E-state index in [0.29, 0.717) is 11.3 Å². The molecule has 1 aromatic heterocycles. The monoisotopic (exact) mass is 434 g/mol. The van der Waals surface area contributed by atoms with Gasteiger partial charge in [0, 0.05) is 11.6 Å². The molecule has 0 atom stereocenters. The molecule has 0 saturated carbocycles. The molecule has 0 amide bonds. The van der Waals surface area contributed by atoms with Gasteiger partial charge in [0.2, 0.25) is 5.88 Å². The van der Waals surface area contributed by atoms with Crippen LogP contribution in [-0.4, -0.2) is 22.6 Å². The van der Waals surface area contributed by atoms with Crippen LogP contribution >= 0.6 is 11.6 Å². The van der Waals surface area contributed by atoms with Crippen LogP contribution in [0.3, 0.4) is 0 Å². The molecular formula is C21H17ClF2N2O4. The molecule has 9 heteroatoms. The minimum atomic E-state index is -0.786. The number of aryl methyl sites for hydroxylation is 2. The topological polar surface area (TPSA) is 70.4 Å². The van der Waals surface area contributed by atoms with Crippen LogP contribution < -0.4 is 10.3 Å². The fourth-order valence-corrected chi connectivity index (χ4v) is 3.02. The maximum absolute atomic E-state index is 13.8. The molecule has 0 unspecified atom stereocenters. The molecule has 0 aliphatic heterocycles. The van der Waals surface area contributed by atoms with Crippen LogP contribution in [0.5, 0.6) is 5.88 Å². The van der Waals surface area contributed by atoms with Gasteiger partial charge in [-0.15, -0.1) is 0 Å². The lowest BCUT2D eigenvalue weighted by molar-refractivity contribution is 0.0600. The van der Waals surface area contributed by atoms with Crippen molar-refractivity contribution in [2.45, 2.75) is 20.5 Å². The van der Waals surface area contributed by atoms with Crippen LogP contribution in [0, 0.1) is 25.5 Å². The van der Waals surface area contributed by atoms with E-state index in [0.717, 1.165) is 12.1 Å². The van der Waals surface area contributed by atoms with E-state index in [1.807, 2.05) is 0 Å². The highest BCUT2D eigenvalue weighted by Crippen LogP contribution is 2.23. The highest BCUT2D eigenvalue weighted by Gasteiger charge is 2.19. The Balaban J connectivity index is 2.00. The number of ether oxygens (including phenoxy) is 2. The molecule has 3 rings (SSSR count). The van der Waals surface area contributed by atoms with Crippen LogP contribution in [0.25, 0.3) is 5.69 Å². The van der Waals surface area contributed by atoms with Gasteiger partial charge in [0.05, 0.1) is 18.4 Å². The second kappa shape index (κ2) is 8.62. The van der Waals surface area contributed by atoms with Crippen molar-refractivity contribution >= 4 is 17.6 Å². The Morgan fingerprint density at radius 1 is 1.17 bits per heavy atom. The molecule has 30 heavy (non-hydrogen) atoms. The van der Waals surface area contributed by atoms with Crippen LogP contribution in [0.4, 0.5) is 8.78 Å². The molecule has 0 fully saturated rings. The van der Waals surface area contributed by atoms with E-state index >= 15 is 0 Å². The fourth-order valence-electron chi connectivity index (χ4n) is 2.84. The molecule has 3 aromatic rings. The largest absolute Gasteiger partial charge is 0.471 e. The van der Waals surface area contributed by atoms with E-state index in [1.165, 1.54) is 23.8 Å². The normalized spacial score (nSPS) is 10.7. The first-order chi connectivity index (χ1) is 14.2. The van der Waals surface area contributed by atoms with Gasteiger partial charge in [0.1, 0.15) is 24.1 Å². The summed E-state index contributed by atoms with van der Waals surface area (Å²) in [7, 11) is 1.26. The standard InChI is InChI=1S/C21H17ClF2N2O4/c1-11-4-5-13(21(28)29-3)8-17(11)26-12(2)25-19(18(22)20(26)27)30-10-14-6-7-15(23)9-16(14)24/h4-9H,10H2,1-3H3. The number of methoxy groups -OCH3 is 1. The molecule has 6 nitrogen and oxygen atoms in total. The third-order valence-corrected chi connectivity index (χ3v) is 4.74. The molecule has 0 aliphatic rings. The Morgan fingerprint density at radius 3 is 2.57 bits per heavy atom. The van der Waals surface area contributed by atoms with E-state index in [1.54, 1.807) is 26.0 Å². The number of rotatable bonds is 5. The summed E-state index contributed by atoms with van der Waals surface area (Å²) in [6, 6.07) is 7.80. The lowest BCUT2D eigenvalue weighted by atomic mass is 10.1. The first-order valence-electron chi connectivity index (χ1n) is 8.78. The highest BCUT2D eigenvalue weighted by atomic mass is 35.5. The van der Waals surface area contributed by atoms with Gasteiger partial charge in [-0.2, -0.15) is 4.98 Å². The molecule has 0 spiro atoms. The maximum atomic E-state index is 13.8. The SMILES string of the molecule is COC(=O)c1ccc(C)c(-n2c(C)nc(OCc3ccc(F)cc3F)c(Cl)c2=O)c1. The quantitative estimate of drug-likeness (QED) is 0.564. The Kier molecular flexibility index (Phi) is 6.17. The average molecular weight is 435 g/mol. The van der Waals surface area contributed by atoms with Gasteiger partial charge in [0.25, 0.3) is 5.56 Å². The summed E-state index contributed by atoms with van der Waals surface area (Å²) in [4.78, 5) is 29.0. The van der Waals surface area contributed by atoms with Crippen LogP contribution in [0.1, 0.15) is 27.3 Å². The summed E-state index contributed by atoms with van der Waals surface area (Å²) in [5, 5.41) is -0.314. The number of halogens is 3. The lowest BCUT2D eigenvalue weighted by Gasteiger charge is -2.16. The summed E-state index contributed by atoms with van der Waals surface area (Å²) in [5.41, 5.74) is 0.827. The molecule has 1 heterocycles. The number of aromatic nitrogens is 2. The molecule has 0 radical (unpaired) electrons. The Morgan fingerprint density at radius 2 is 1.90 bits per heavy atom. The van der Waals surface area contributed by atoms with E-state index in [-0.39, 0.29) is 34.5 Å². The highest BCUT2D eigenvalue weighted by molar-refractivity contribution is 6.31. The molecule has 156 valence electrons. The van der Waals surface area contributed by atoms with E-state index in [9.17, 15) is 18.4 Å². The zero-order chi connectivity index (χ0) is 22.0. The van der Waals surface area contributed by atoms with Crippen LogP contribution in [0.2, 0.25) is 5.02 Å². The summed E-state index contributed by atoms with van der Waals surface area (Å²) in [6.07, 6.45) is 0. The summed E-state index contributed by atoms with van der Waals surface area (Å²) in [5.74, 6) is -1.99. The van der Waals surface area contributed by atoms with Gasteiger partial charge in [0.15, 0.2) is 5.02 Å². The summed E-state index contributed by atoms with van der Waals surface area (Å²) in [6.45, 7) is 3.03. The van der Waals surface area contributed by atoms with Crippen molar-refractivity contribution in [1.29, 1.82) is 0 Å². The second-order valence-corrected chi connectivity index (χ2v) is 6.81. The van der Waals surface area contributed by atoms with Crippen LogP contribution in [-0.2, 0) is 11.3 Å². The Labute approximate surface area is 175 Å². The predicted molar refractivity (Wildman–Crippen MR) is 106 cm³/mol. The minimum Gasteiger partial charge on any atom is -0.471 e. The number of carbonyl (C=O) groups excluding carboxylic acids is 1. The second-order valence-electron chi connectivity index (χ2n) is 6.44. The smallest absolute Gasteiger partial charge is 0.337 e. The molecule has 0 aliphatic carbocycles. The zero-order valence-electron chi connectivity index (χ0n) is 16.3. The molecular weight excluding hydrogens is 418 g/mol. The Bertz CT molecular complexity index is 1190. The third-order valence-electron chi connectivity index (χ3n) is 4.42. The minimum absolute atomic E-state index is 0.0812. The number of benzene rings is 2. The molecule has 0 saturated heterocycles. The Hall–Kier alpha value is -3.26. The van der Waals surface area contributed by atoms with Crippen molar-refractivity contribution in [1.82, 2.24) is 9.55 Å². The average Bonchev–Trinajstić information content (AvgIpc) is 2.71. The van der Waals surface area contributed by atoms with Crippen molar-refractivity contribution in [2.75, 3.05) is 7.11 Å². The molecule has 0 bridgehead atoms. The van der Waals surface area contributed by atoms with Gasteiger partial charge < -0.3 is 9.47 Å². The van der Waals surface area contributed by atoms with Crippen molar-refractivity contribution in [3.63, 3.8) is 0 Å². The van der Waals surface area contributed by atoms with E-state index in [4.69, 9.17) is 21.1 Å². The number of hydrogen-bond donors (Lipinski definition) is 0. The number of esters is 1. The number of carbonyl (C=O) groups is 1. The van der Waals surface area contributed by atoms with E-state index in [2.05, 4.69) is 4.98 Å². The molecule has 0 N–H and O–H groups in total. The van der Waals surface area contributed by atoms with Crippen LogP contribution in [0.15, 0.2) is 41.2 Å². The maximum Gasteiger partial charge on any atom is 0.337 e. The van der Waals surface area contributed by atoms with E-state index < -0.39 is 23.2 Å². The zero-order valence-corrected chi connectivity index (χ0v) is 17.1. The van der Waals surface area contributed by atoms with Crippen molar-refractivity contribution in [3.8, 4) is 11.6 Å².